The fourth-order valence-corrected chi connectivity index (χ4v) is 4.23. The van der Waals surface area contributed by atoms with Crippen LogP contribution in [-0.4, -0.2) is 48.4 Å². The number of hydrogen-bond donors (Lipinski definition) is 3. The third-order valence-corrected chi connectivity index (χ3v) is 5.63. The van der Waals surface area contributed by atoms with Gasteiger partial charge < -0.3 is 24.3 Å². The Labute approximate surface area is 185 Å². The van der Waals surface area contributed by atoms with Crippen molar-refractivity contribution in [2.75, 3.05) is 20.3 Å². The predicted molar refractivity (Wildman–Crippen MR) is 118 cm³/mol. The largest absolute Gasteiger partial charge is 0.489 e. The number of methoxy groups -OCH3 is 1. The summed E-state index contributed by atoms with van der Waals surface area (Å²) in [6.45, 7) is 2.55. The molecule has 3 aromatic rings. The summed E-state index contributed by atoms with van der Waals surface area (Å²) in [6.07, 6.45) is 0. The molecule has 4 rings (SSSR count). The van der Waals surface area contributed by atoms with Crippen molar-refractivity contribution in [2.45, 2.75) is 31.5 Å². The van der Waals surface area contributed by atoms with E-state index >= 15 is 0 Å². The molecule has 2 aromatic carbocycles. The summed E-state index contributed by atoms with van der Waals surface area (Å²) in [5.41, 5.74) is 3.05. The molecule has 1 aromatic heterocycles. The van der Waals surface area contributed by atoms with Gasteiger partial charge in [-0.2, -0.15) is 0 Å². The van der Waals surface area contributed by atoms with Crippen molar-refractivity contribution < 1.29 is 28.9 Å². The molecule has 3 N–H and O–H groups in total. The van der Waals surface area contributed by atoms with Crippen molar-refractivity contribution in [2.24, 2.45) is 0 Å². The first kappa shape index (κ1) is 21.9. The summed E-state index contributed by atoms with van der Waals surface area (Å²) < 4.78 is 16.6. The van der Waals surface area contributed by atoms with Gasteiger partial charge in [-0.25, -0.2) is 0 Å². The Morgan fingerprint density at radius 1 is 1.12 bits per heavy atom. The van der Waals surface area contributed by atoms with Crippen LogP contribution in [0, 0.1) is 0 Å². The molecule has 8 nitrogen and oxygen atoms in total. The number of fused-ring (bicyclic) bond motifs is 3. The van der Waals surface area contributed by atoms with E-state index in [1.807, 2.05) is 48.5 Å². The van der Waals surface area contributed by atoms with E-state index in [1.54, 1.807) is 14.0 Å². The van der Waals surface area contributed by atoms with Gasteiger partial charge in [-0.3, -0.25) is 14.9 Å². The Morgan fingerprint density at radius 3 is 2.59 bits per heavy atom. The van der Waals surface area contributed by atoms with Gasteiger partial charge in [0, 0.05) is 29.6 Å². The lowest BCUT2D eigenvalue weighted by atomic mass is 9.83. The Balaban J connectivity index is 1.76. The number of H-pyrrole nitrogens is 1. The Bertz CT molecular complexity index is 1110. The number of carbonyl (C=O) groups is 2. The van der Waals surface area contributed by atoms with Gasteiger partial charge in [0.2, 0.25) is 0 Å². The summed E-state index contributed by atoms with van der Waals surface area (Å²) in [4.78, 5) is 27.9. The quantitative estimate of drug-likeness (QED) is 0.464. The molecule has 0 spiro atoms. The highest BCUT2D eigenvalue weighted by atomic mass is 16.5. The van der Waals surface area contributed by atoms with Crippen LogP contribution in [0.25, 0.3) is 10.9 Å². The number of rotatable bonds is 8. The fraction of sp³-hybridized carbons (Fsp3) is 0.333. The minimum atomic E-state index is -1.08. The zero-order valence-electron chi connectivity index (χ0n) is 18.0. The summed E-state index contributed by atoms with van der Waals surface area (Å²) in [7, 11) is 1.55. The van der Waals surface area contributed by atoms with E-state index in [0.717, 1.165) is 22.0 Å². The molecule has 0 aliphatic carbocycles. The maximum absolute atomic E-state index is 12.7. The van der Waals surface area contributed by atoms with Gasteiger partial charge in [-0.15, -0.1) is 0 Å². The molecule has 0 radical (unpaired) electrons. The summed E-state index contributed by atoms with van der Waals surface area (Å²) in [5, 5.41) is 13.6. The Hall–Kier alpha value is -3.36. The average Bonchev–Trinajstić information content (AvgIpc) is 3.17. The second-order valence-corrected chi connectivity index (χ2v) is 7.66. The number of carboxylic acid groups (broad SMARTS) is 1. The number of nitrogens with one attached hydrogen (secondary N) is 2. The number of aliphatic carboxylic acids is 1. The molecular formula is C24H26N2O6. The first-order valence-electron chi connectivity index (χ1n) is 10.5. The Kier molecular flexibility index (Phi) is 6.43. The molecule has 2 heterocycles. The molecule has 3 atom stereocenters. The monoisotopic (exact) mass is 438 g/mol. The van der Waals surface area contributed by atoms with E-state index in [0.29, 0.717) is 18.1 Å². The van der Waals surface area contributed by atoms with Crippen molar-refractivity contribution in [3.8, 4) is 5.75 Å². The van der Waals surface area contributed by atoms with Gasteiger partial charge in [0.1, 0.15) is 24.4 Å². The first-order chi connectivity index (χ1) is 15.5. The van der Waals surface area contributed by atoms with Gasteiger partial charge >= 0.3 is 11.9 Å². The molecular weight excluding hydrogens is 412 g/mol. The van der Waals surface area contributed by atoms with Gasteiger partial charge in [0.25, 0.3) is 0 Å². The molecule has 1 aliphatic rings. The van der Waals surface area contributed by atoms with Crippen LogP contribution in [-0.2, 0) is 25.7 Å². The van der Waals surface area contributed by atoms with Crippen LogP contribution < -0.4 is 10.1 Å². The van der Waals surface area contributed by atoms with E-state index in [4.69, 9.17) is 14.2 Å². The highest BCUT2D eigenvalue weighted by Gasteiger charge is 2.44. The molecule has 1 aliphatic heterocycles. The molecule has 0 fully saturated rings. The van der Waals surface area contributed by atoms with Gasteiger partial charge in [-0.1, -0.05) is 30.3 Å². The van der Waals surface area contributed by atoms with Crippen LogP contribution in [0.5, 0.6) is 5.75 Å². The Morgan fingerprint density at radius 2 is 1.91 bits per heavy atom. The molecule has 0 saturated carbocycles. The highest BCUT2D eigenvalue weighted by molar-refractivity contribution is 5.92. The minimum Gasteiger partial charge on any atom is -0.489 e. The molecule has 168 valence electrons. The average molecular weight is 438 g/mol. The summed E-state index contributed by atoms with van der Waals surface area (Å²) in [6, 6.07) is 13.5. The second-order valence-electron chi connectivity index (χ2n) is 7.66. The van der Waals surface area contributed by atoms with E-state index in [2.05, 4.69) is 10.3 Å². The lowest BCUT2D eigenvalue weighted by molar-refractivity contribution is -0.148. The fourth-order valence-electron chi connectivity index (χ4n) is 4.23. The molecule has 32 heavy (non-hydrogen) atoms. The van der Waals surface area contributed by atoms with Crippen molar-refractivity contribution in [1.82, 2.24) is 10.3 Å². The molecule has 8 heteroatoms. The lowest BCUT2D eigenvalue weighted by Gasteiger charge is -2.34. The lowest BCUT2D eigenvalue weighted by Crippen LogP contribution is -2.51. The van der Waals surface area contributed by atoms with E-state index < -0.39 is 29.9 Å². The van der Waals surface area contributed by atoms with E-state index in [-0.39, 0.29) is 13.2 Å². The van der Waals surface area contributed by atoms with E-state index in [1.165, 1.54) is 0 Å². The van der Waals surface area contributed by atoms with Gasteiger partial charge in [0.05, 0.1) is 13.2 Å². The number of ether oxygens (including phenoxy) is 3. The first-order valence-corrected chi connectivity index (χ1v) is 10.5. The second kappa shape index (κ2) is 9.42. The summed E-state index contributed by atoms with van der Waals surface area (Å²) in [5.74, 6) is -1.36. The van der Waals surface area contributed by atoms with Crippen LogP contribution in [0.4, 0.5) is 0 Å². The maximum atomic E-state index is 12.7. The number of aromatic nitrogens is 1. The number of carbonyl (C=O) groups excluding carboxylic acids is 1. The highest BCUT2D eigenvalue weighted by Crippen LogP contribution is 2.40. The van der Waals surface area contributed by atoms with Crippen LogP contribution in [0.15, 0.2) is 48.5 Å². The zero-order valence-corrected chi connectivity index (χ0v) is 18.0. The third-order valence-electron chi connectivity index (χ3n) is 5.63. The molecule has 3 unspecified atom stereocenters. The smallest absolute Gasteiger partial charge is 0.326 e. The molecule has 0 amide bonds. The topological polar surface area (TPSA) is 110 Å². The number of esters is 1. The van der Waals surface area contributed by atoms with Crippen LogP contribution >= 0.6 is 0 Å². The minimum absolute atomic E-state index is 0.201. The number of hydrogen-bond acceptors (Lipinski definition) is 6. The molecule has 0 bridgehead atoms. The van der Waals surface area contributed by atoms with Crippen LogP contribution in [0.1, 0.15) is 35.7 Å². The van der Waals surface area contributed by atoms with Crippen molar-refractivity contribution in [3.63, 3.8) is 0 Å². The van der Waals surface area contributed by atoms with Gasteiger partial charge in [0.15, 0.2) is 0 Å². The maximum Gasteiger partial charge on any atom is 0.326 e. The van der Waals surface area contributed by atoms with Gasteiger partial charge in [-0.05, 0) is 36.2 Å². The normalized spacial score (nSPS) is 20.0. The number of aromatic amines is 1. The predicted octanol–water partition coefficient (Wildman–Crippen LogP) is 3.14. The van der Waals surface area contributed by atoms with Crippen molar-refractivity contribution >= 4 is 22.8 Å². The number of carboxylic acids is 1. The third kappa shape index (κ3) is 4.19. The number of benzene rings is 2. The van der Waals surface area contributed by atoms with E-state index in [9.17, 15) is 14.7 Å². The summed E-state index contributed by atoms with van der Waals surface area (Å²) >= 11 is 0. The van der Waals surface area contributed by atoms with Crippen molar-refractivity contribution in [1.29, 1.82) is 0 Å². The van der Waals surface area contributed by atoms with Crippen LogP contribution in [0.2, 0.25) is 0 Å². The zero-order chi connectivity index (χ0) is 22.7. The SMILES string of the molecule is CCOC(=O)C1NC(C(=O)O)c2[nH]c3ccc(OCc4ccccc4)cc3c2C1COC. The van der Waals surface area contributed by atoms with Crippen LogP contribution in [0.3, 0.4) is 0 Å². The van der Waals surface area contributed by atoms with Crippen molar-refractivity contribution in [3.05, 3.63) is 65.4 Å². The molecule has 0 saturated heterocycles. The standard InChI is InChI=1S/C24H26N2O6/c1-3-31-24(29)20-17(13-30-2)19-16-11-15(32-12-14-7-5-4-6-8-14)9-10-18(16)25-21(19)22(26-20)23(27)28/h4-11,17,20,22,25-26H,3,12-13H2,1-2H3,(H,27,28).